The summed E-state index contributed by atoms with van der Waals surface area (Å²) in [5, 5.41) is 0. The van der Waals surface area contributed by atoms with E-state index in [0.29, 0.717) is 12.0 Å². The molecule has 1 fully saturated rings. The first-order chi connectivity index (χ1) is 4.24. The minimum Gasteiger partial charge on any atom is -0.380 e. The number of ether oxygens (including phenoxy) is 1. The van der Waals surface area contributed by atoms with Gasteiger partial charge in [0.05, 0.1) is 6.10 Å². The zero-order valence-electron chi connectivity index (χ0n) is 6.42. The summed E-state index contributed by atoms with van der Waals surface area (Å²) in [6, 6.07) is 0. The van der Waals surface area contributed by atoms with Crippen LogP contribution in [0, 0.1) is 5.92 Å². The van der Waals surface area contributed by atoms with E-state index in [2.05, 4.69) is 18.9 Å². The van der Waals surface area contributed by atoms with Gasteiger partial charge in [0, 0.05) is 20.2 Å². The van der Waals surface area contributed by atoms with Crippen LogP contribution in [0.5, 0.6) is 0 Å². The van der Waals surface area contributed by atoms with Gasteiger partial charge in [-0.2, -0.15) is 0 Å². The number of hydrogen-bond acceptors (Lipinski definition) is 2. The Morgan fingerprint density at radius 1 is 1.44 bits per heavy atom. The number of hydrogen-bond donors (Lipinski definition) is 0. The monoisotopic (exact) mass is 129 g/mol. The number of rotatable bonds is 1. The highest BCUT2D eigenvalue weighted by Crippen LogP contribution is 2.16. The summed E-state index contributed by atoms with van der Waals surface area (Å²) in [6.45, 7) is 4.51. The zero-order valence-corrected chi connectivity index (χ0v) is 6.42. The summed E-state index contributed by atoms with van der Waals surface area (Å²) in [7, 11) is 3.93. The van der Waals surface area contributed by atoms with Gasteiger partial charge in [-0.1, -0.05) is 6.92 Å². The van der Waals surface area contributed by atoms with E-state index >= 15 is 0 Å². The smallest absolute Gasteiger partial charge is 0.0735 e. The number of nitrogens with zero attached hydrogens (tertiary/aromatic N) is 1. The molecule has 1 rings (SSSR count). The van der Waals surface area contributed by atoms with E-state index in [1.807, 2.05) is 0 Å². The molecule has 1 saturated heterocycles. The average Bonchev–Trinajstić information content (AvgIpc) is 2.10. The fourth-order valence-electron chi connectivity index (χ4n) is 1.48. The van der Waals surface area contributed by atoms with Gasteiger partial charge in [0.2, 0.25) is 0 Å². The molecule has 0 saturated carbocycles. The fraction of sp³-hybridized carbons (Fsp3) is 1.00. The van der Waals surface area contributed by atoms with Gasteiger partial charge in [0.25, 0.3) is 0 Å². The molecule has 0 N–H and O–H groups in total. The molecule has 2 heteroatoms. The van der Waals surface area contributed by atoms with Crippen LogP contribution in [-0.4, -0.2) is 38.3 Å². The molecule has 1 aliphatic heterocycles. The number of likely N-dealkylation sites (N-methyl/N-ethyl adjacent to an activating group) is 1. The van der Waals surface area contributed by atoms with Gasteiger partial charge in [0.15, 0.2) is 0 Å². The molecule has 0 amide bonds. The quantitative estimate of drug-likeness (QED) is 0.513. The normalized spacial score (nSPS) is 37.7. The first kappa shape index (κ1) is 7.03. The molecule has 1 aliphatic rings. The Kier molecular flexibility index (Phi) is 2.09. The minimum absolute atomic E-state index is 0.468. The highest BCUT2D eigenvalue weighted by Gasteiger charge is 2.26. The summed E-state index contributed by atoms with van der Waals surface area (Å²) < 4.78 is 5.25. The Bertz CT molecular complexity index is 94.9. The van der Waals surface area contributed by atoms with E-state index in [1.54, 1.807) is 7.11 Å². The van der Waals surface area contributed by atoms with Gasteiger partial charge in [-0.05, 0) is 13.0 Å². The second-order valence-electron chi connectivity index (χ2n) is 2.97. The van der Waals surface area contributed by atoms with Crippen molar-refractivity contribution in [2.24, 2.45) is 5.92 Å². The van der Waals surface area contributed by atoms with Crippen molar-refractivity contribution in [3.8, 4) is 0 Å². The molecule has 0 aromatic rings. The molecule has 0 aliphatic carbocycles. The highest BCUT2D eigenvalue weighted by atomic mass is 16.5. The van der Waals surface area contributed by atoms with Crippen molar-refractivity contribution in [1.82, 2.24) is 4.90 Å². The molecule has 0 bridgehead atoms. The molecule has 1 heterocycles. The third-order valence-corrected chi connectivity index (χ3v) is 2.03. The first-order valence-corrected chi connectivity index (χ1v) is 3.45. The first-order valence-electron chi connectivity index (χ1n) is 3.45. The Morgan fingerprint density at radius 3 is 2.33 bits per heavy atom. The van der Waals surface area contributed by atoms with Crippen LogP contribution in [-0.2, 0) is 4.74 Å². The van der Waals surface area contributed by atoms with E-state index < -0.39 is 0 Å². The van der Waals surface area contributed by atoms with E-state index in [0.717, 1.165) is 6.54 Å². The SMILES string of the molecule is CO[C@H]1CN(C)C[C@@H]1C. The van der Waals surface area contributed by atoms with E-state index in [1.165, 1.54) is 6.54 Å². The Balaban J connectivity index is 2.38. The molecule has 0 radical (unpaired) electrons. The molecular weight excluding hydrogens is 114 g/mol. The maximum absolute atomic E-state index is 5.25. The van der Waals surface area contributed by atoms with Gasteiger partial charge in [-0.25, -0.2) is 0 Å². The summed E-state index contributed by atoms with van der Waals surface area (Å²) in [5.41, 5.74) is 0. The van der Waals surface area contributed by atoms with Gasteiger partial charge >= 0.3 is 0 Å². The Labute approximate surface area is 56.8 Å². The summed E-state index contributed by atoms with van der Waals surface area (Å²) in [5.74, 6) is 0.708. The lowest BCUT2D eigenvalue weighted by Crippen LogP contribution is -2.19. The van der Waals surface area contributed by atoms with Crippen LogP contribution in [0.25, 0.3) is 0 Å². The van der Waals surface area contributed by atoms with Crippen LogP contribution in [0.2, 0.25) is 0 Å². The lowest BCUT2D eigenvalue weighted by atomic mass is 10.1. The second kappa shape index (κ2) is 2.67. The van der Waals surface area contributed by atoms with Crippen molar-refractivity contribution in [1.29, 1.82) is 0 Å². The van der Waals surface area contributed by atoms with Crippen LogP contribution in [0.4, 0.5) is 0 Å². The maximum atomic E-state index is 5.25. The van der Waals surface area contributed by atoms with Crippen LogP contribution >= 0.6 is 0 Å². The van der Waals surface area contributed by atoms with E-state index in [-0.39, 0.29) is 0 Å². The van der Waals surface area contributed by atoms with Crippen molar-refractivity contribution >= 4 is 0 Å². The van der Waals surface area contributed by atoms with E-state index in [4.69, 9.17) is 4.74 Å². The zero-order chi connectivity index (χ0) is 6.85. The Morgan fingerprint density at radius 2 is 2.11 bits per heavy atom. The predicted octanol–water partition coefficient (Wildman–Crippen LogP) is 0.583. The fourth-order valence-corrected chi connectivity index (χ4v) is 1.48. The van der Waals surface area contributed by atoms with Crippen LogP contribution in [0.1, 0.15) is 6.92 Å². The summed E-state index contributed by atoms with van der Waals surface area (Å²) in [4.78, 5) is 2.30. The van der Waals surface area contributed by atoms with Crippen LogP contribution < -0.4 is 0 Å². The highest BCUT2D eigenvalue weighted by molar-refractivity contribution is 4.79. The third-order valence-electron chi connectivity index (χ3n) is 2.03. The van der Waals surface area contributed by atoms with Gasteiger partial charge in [-0.15, -0.1) is 0 Å². The lowest BCUT2D eigenvalue weighted by Gasteiger charge is -2.10. The lowest BCUT2D eigenvalue weighted by molar-refractivity contribution is 0.0851. The van der Waals surface area contributed by atoms with Crippen molar-refractivity contribution < 1.29 is 4.74 Å². The van der Waals surface area contributed by atoms with Crippen molar-refractivity contribution in [2.45, 2.75) is 13.0 Å². The molecule has 54 valence electrons. The van der Waals surface area contributed by atoms with Crippen molar-refractivity contribution in [3.63, 3.8) is 0 Å². The summed E-state index contributed by atoms with van der Waals surface area (Å²) >= 11 is 0. The molecular formula is C7H15NO. The third kappa shape index (κ3) is 1.43. The molecule has 0 spiro atoms. The van der Waals surface area contributed by atoms with Gasteiger partial charge in [-0.3, -0.25) is 0 Å². The molecule has 0 aromatic heterocycles. The molecule has 2 nitrogen and oxygen atoms in total. The van der Waals surface area contributed by atoms with Crippen molar-refractivity contribution in [2.75, 3.05) is 27.2 Å². The van der Waals surface area contributed by atoms with Gasteiger partial charge in [0.1, 0.15) is 0 Å². The largest absolute Gasteiger partial charge is 0.380 e. The minimum atomic E-state index is 0.468. The Hall–Kier alpha value is -0.0800. The molecule has 0 aromatic carbocycles. The number of methoxy groups -OCH3 is 1. The number of likely N-dealkylation sites (tertiary alicyclic amines) is 1. The molecule has 9 heavy (non-hydrogen) atoms. The summed E-state index contributed by atoms with van der Waals surface area (Å²) in [6.07, 6.45) is 0.468. The standard InChI is InChI=1S/C7H15NO/c1-6-4-8(2)5-7(6)9-3/h6-7H,4-5H2,1-3H3/t6-,7-/m0/s1. The maximum Gasteiger partial charge on any atom is 0.0735 e. The molecule has 0 unspecified atom stereocenters. The topological polar surface area (TPSA) is 12.5 Å². The molecule has 2 atom stereocenters. The average molecular weight is 129 g/mol. The second-order valence-corrected chi connectivity index (χ2v) is 2.97. The van der Waals surface area contributed by atoms with E-state index in [9.17, 15) is 0 Å². The van der Waals surface area contributed by atoms with Crippen LogP contribution in [0.15, 0.2) is 0 Å². The van der Waals surface area contributed by atoms with Crippen LogP contribution in [0.3, 0.4) is 0 Å². The van der Waals surface area contributed by atoms with Gasteiger partial charge < -0.3 is 9.64 Å². The van der Waals surface area contributed by atoms with Crippen molar-refractivity contribution in [3.05, 3.63) is 0 Å². The predicted molar refractivity (Wildman–Crippen MR) is 37.5 cm³/mol.